The van der Waals surface area contributed by atoms with Crippen LogP contribution >= 0.6 is 0 Å². The van der Waals surface area contributed by atoms with Crippen molar-refractivity contribution in [2.45, 2.75) is 12.8 Å². The zero-order valence-corrected chi connectivity index (χ0v) is 10.9. The second-order valence-electron chi connectivity index (χ2n) is 5.14. The lowest BCUT2D eigenvalue weighted by Crippen LogP contribution is -2.45. The number of hydrogen-bond donors (Lipinski definition) is 1. The van der Waals surface area contributed by atoms with Crippen LogP contribution in [0.5, 0.6) is 5.75 Å². The Morgan fingerprint density at radius 3 is 2.84 bits per heavy atom. The Bertz CT molecular complexity index is 517. The predicted molar refractivity (Wildman–Crippen MR) is 74.6 cm³/mol. The zero-order valence-electron chi connectivity index (χ0n) is 10.9. The van der Waals surface area contributed by atoms with Crippen LogP contribution < -0.4 is 10.1 Å². The van der Waals surface area contributed by atoms with Gasteiger partial charge in [-0.1, -0.05) is 24.3 Å². The molecule has 2 nitrogen and oxygen atoms in total. The molecule has 2 aliphatic rings. The third-order valence-corrected chi connectivity index (χ3v) is 3.66. The first-order chi connectivity index (χ1) is 9.33. The van der Waals surface area contributed by atoms with Gasteiger partial charge in [0.2, 0.25) is 0 Å². The Hall–Kier alpha value is -1.61. The first kappa shape index (κ1) is 12.4. The number of allylic oxidation sites excluding steroid dienone is 4. The standard InChI is InChI=1S/C16H18FNO/c17-15-8-14(13-4-2-1-3-5-13)6-7-16(15)19-11-12-9-18-10-12/h1-2,4,6-8,12,18H,3,5,9-11H2. The molecule has 1 aromatic rings. The van der Waals surface area contributed by atoms with Crippen LogP contribution in [0.15, 0.2) is 36.4 Å². The average Bonchev–Trinajstić information content (AvgIpc) is 2.40. The quantitative estimate of drug-likeness (QED) is 0.896. The highest BCUT2D eigenvalue weighted by atomic mass is 19.1. The smallest absolute Gasteiger partial charge is 0.165 e. The molecule has 0 saturated carbocycles. The van der Waals surface area contributed by atoms with Gasteiger partial charge in [0.25, 0.3) is 0 Å². The van der Waals surface area contributed by atoms with E-state index in [1.807, 2.05) is 12.1 Å². The van der Waals surface area contributed by atoms with E-state index in [-0.39, 0.29) is 5.82 Å². The molecular formula is C16H18FNO. The topological polar surface area (TPSA) is 21.3 Å². The molecule has 100 valence electrons. The molecule has 0 aromatic heterocycles. The van der Waals surface area contributed by atoms with Crippen molar-refractivity contribution in [2.75, 3.05) is 19.7 Å². The van der Waals surface area contributed by atoms with Crippen LogP contribution in [-0.4, -0.2) is 19.7 Å². The zero-order chi connectivity index (χ0) is 13.1. The van der Waals surface area contributed by atoms with Crippen LogP contribution in [0, 0.1) is 11.7 Å². The van der Waals surface area contributed by atoms with Crippen LogP contribution in [0.25, 0.3) is 5.57 Å². The Morgan fingerprint density at radius 2 is 2.21 bits per heavy atom. The monoisotopic (exact) mass is 259 g/mol. The summed E-state index contributed by atoms with van der Waals surface area (Å²) in [6.07, 6.45) is 8.22. The summed E-state index contributed by atoms with van der Waals surface area (Å²) in [5, 5.41) is 3.18. The van der Waals surface area contributed by atoms with Crippen molar-refractivity contribution in [2.24, 2.45) is 5.92 Å². The van der Waals surface area contributed by atoms with Crippen molar-refractivity contribution in [1.29, 1.82) is 0 Å². The minimum absolute atomic E-state index is 0.264. The number of ether oxygens (including phenoxy) is 1. The molecule has 1 saturated heterocycles. The SMILES string of the molecule is Fc1cc(C2=CC=CCC2)ccc1OCC1CNC1. The third kappa shape index (κ3) is 2.87. The fourth-order valence-corrected chi connectivity index (χ4v) is 2.33. The van der Waals surface area contributed by atoms with Gasteiger partial charge in [0, 0.05) is 19.0 Å². The van der Waals surface area contributed by atoms with Gasteiger partial charge in [-0.3, -0.25) is 0 Å². The van der Waals surface area contributed by atoms with Gasteiger partial charge in [-0.2, -0.15) is 0 Å². The fourth-order valence-electron chi connectivity index (χ4n) is 2.33. The number of benzene rings is 1. The van der Waals surface area contributed by atoms with Crippen molar-refractivity contribution >= 4 is 5.57 Å². The number of hydrogen-bond acceptors (Lipinski definition) is 2. The molecular weight excluding hydrogens is 241 g/mol. The van der Waals surface area contributed by atoms with Crippen LogP contribution in [0.2, 0.25) is 0 Å². The molecule has 0 radical (unpaired) electrons. The van der Waals surface area contributed by atoms with E-state index in [0.717, 1.165) is 31.5 Å². The molecule has 1 aromatic carbocycles. The Morgan fingerprint density at radius 1 is 1.32 bits per heavy atom. The van der Waals surface area contributed by atoms with Gasteiger partial charge in [0.15, 0.2) is 11.6 Å². The lowest BCUT2D eigenvalue weighted by molar-refractivity contribution is 0.193. The second kappa shape index (κ2) is 5.57. The first-order valence-corrected chi connectivity index (χ1v) is 6.82. The minimum Gasteiger partial charge on any atom is -0.490 e. The molecule has 1 fully saturated rings. The van der Waals surface area contributed by atoms with Gasteiger partial charge >= 0.3 is 0 Å². The molecule has 3 heteroatoms. The highest BCUT2D eigenvalue weighted by Gasteiger charge is 2.18. The molecule has 1 aliphatic carbocycles. The minimum atomic E-state index is -0.264. The lowest BCUT2D eigenvalue weighted by atomic mass is 9.97. The third-order valence-electron chi connectivity index (χ3n) is 3.66. The van der Waals surface area contributed by atoms with Gasteiger partial charge in [0.05, 0.1) is 6.61 Å². The summed E-state index contributed by atoms with van der Waals surface area (Å²) >= 11 is 0. The van der Waals surface area contributed by atoms with Crippen molar-refractivity contribution in [3.05, 3.63) is 47.8 Å². The van der Waals surface area contributed by atoms with E-state index >= 15 is 0 Å². The van der Waals surface area contributed by atoms with Gasteiger partial charge < -0.3 is 10.1 Å². The summed E-state index contributed by atoms with van der Waals surface area (Å²) in [5.41, 5.74) is 2.15. The van der Waals surface area contributed by atoms with E-state index in [9.17, 15) is 4.39 Å². The fraction of sp³-hybridized carbons (Fsp3) is 0.375. The highest BCUT2D eigenvalue weighted by molar-refractivity contribution is 5.68. The lowest BCUT2D eigenvalue weighted by Gasteiger charge is -2.26. The second-order valence-corrected chi connectivity index (χ2v) is 5.14. The normalized spacial score (nSPS) is 18.9. The van der Waals surface area contributed by atoms with Gasteiger partial charge in [0.1, 0.15) is 0 Å². The predicted octanol–water partition coefficient (Wildman–Crippen LogP) is 3.16. The van der Waals surface area contributed by atoms with Gasteiger partial charge in [-0.15, -0.1) is 0 Å². The first-order valence-electron chi connectivity index (χ1n) is 6.82. The summed E-state index contributed by atoms with van der Waals surface area (Å²) < 4.78 is 19.5. The van der Waals surface area contributed by atoms with E-state index in [1.54, 1.807) is 12.1 Å². The van der Waals surface area contributed by atoms with E-state index in [1.165, 1.54) is 5.57 Å². The molecule has 0 amide bonds. The van der Waals surface area contributed by atoms with Crippen molar-refractivity contribution in [3.63, 3.8) is 0 Å². The number of rotatable bonds is 4. The number of halogens is 1. The van der Waals surface area contributed by atoms with Crippen molar-refractivity contribution < 1.29 is 9.13 Å². The molecule has 1 N–H and O–H groups in total. The largest absolute Gasteiger partial charge is 0.490 e. The van der Waals surface area contributed by atoms with Gasteiger partial charge in [-0.25, -0.2) is 4.39 Å². The van der Waals surface area contributed by atoms with Crippen LogP contribution in [0.3, 0.4) is 0 Å². The van der Waals surface area contributed by atoms with Gasteiger partial charge in [-0.05, 0) is 36.1 Å². The van der Waals surface area contributed by atoms with Crippen molar-refractivity contribution in [3.8, 4) is 5.75 Å². The van der Waals surface area contributed by atoms with Crippen LogP contribution in [0.1, 0.15) is 18.4 Å². The molecule has 0 unspecified atom stereocenters. The van der Waals surface area contributed by atoms with E-state index < -0.39 is 0 Å². The summed E-state index contributed by atoms with van der Waals surface area (Å²) in [6.45, 7) is 2.53. The Balaban J connectivity index is 1.69. The van der Waals surface area contributed by atoms with Crippen LogP contribution in [-0.2, 0) is 0 Å². The Labute approximate surface area is 113 Å². The van der Waals surface area contributed by atoms with E-state index in [0.29, 0.717) is 18.3 Å². The maximum Gasteiger partial charge on any atom is 0.165 e. The van der Waals surface area contributed by atoms with E-state index in [2.05, 4.69) is 17.5 Å². The Kier molecular flexibility index (Phi) is 3.65. The average molecular weight is 259 g/mol. The summed E-state index contributed by atoms with van der Waals surface area (Å²) in [5.74, 6) is 0.619. The van der Waals surface area contributed by atoms with Crippen molar-refractivity contribution in [1.82, 2.24) is 5.32 Å². The maximum atomic E-state index is 14.0. The summed E-state index contributed by atoms with van der Waals surface area (Å²) in [4.78, 5) is 0. The molecule has 0 atom stereocenters. The summed E-state index contributed by atoms with van der Waals surface area (Å²) in [7, 11) is 0. The molecule has 1 heterocycles. The van der Waals surface area contributed by atoms with Crippen LogP contribution in [0.4, 0.5) is 4.39 Å². The molecule has 0 spiro atoms. The molecule has 0 bridgehead atoms. The van der Waals surface area contributed by atoms with E-state index in [4.69, 9.17) is 4.74 Å². The summed E-state index contributed by atoms with van der Waals surface area (Å²) in [6, 6.07) is 5.28. The number of nitrogens with one attached hydrogen (secondary N) is 1. The highest BCUT2D eigenvalue weighted by Crippen LogP contribution is 2.27. The molecule has 3 rings (SSSR count). The maximum absolute atomic E-state index is 14.0. The molecule has 19 heavy (non-hydrogen) atoms. The molecule has 1 aliphatic heterocycles.